The molecule has 13 nitrogen and oxygen atoms in total. The number of amidine groups is 1. The summed E-state index contributed by atoms with van der Waals surface area (Å²) in [4.78, 5) is 50.6. The predicted octanol–water partition coefficient (Wildman–Crippen LogP) is 3.89. The number of amides is 3. The Labute approximate surface area is 318 Å². The first-order valence-corrected chi connectivity index (χ1v) is 18.2. The fourth-order valence-electron chi connectivity index (χ4n) is 6.42. The highest BCUT2D eigenvalue weighted by atomic mass is 19.4. The van der Waals surface area contributed by atoms with E-state index in [9.17, 15) is 27.6 Å². The van der Waals surface area contributed by atoms with Crippen LogP contribution in [0.25, 0.3) is 0 Å². The Balaban J connectivity index is 0.000000214. The Morgan fingerprint density at radius 2 is 1.69 bits per heavy atom. The van der Waals surface area contributed by atoms with Crippen molar-refractivity contribution in [3.63, 3.8) is 0 Å². The van der Waals surface area contributed by atoms with Crippen LogP contribution in [0.5, 0.6) is 0 Å². The van der Waals surface area contributed by atoms with Gasteiger partial charge in [0.25, 0.3) is 17.7 Å². The molecule has 1 atom stereocenters. The predicted molar refractivity (Wildman–Crippen MR) is 202 cm³/mol. The minimum atomic E-state index is -4.74. The van der Waals surface area contributed by atoms with Crippen molar-refractivity contribution in [2.45, 2.75) is 45.2 Å². The van der Waals surface area contributed by atoms with Gasteiger partial charge in [0.15, 0.2) is 0 Å². The lowest BCUT2D eigenvalue weighted by Crippen LogP contribution is -2.56. The number of carbonyl (C=O) groups excluding carboxylic acids is 3. The molecule has 0 radical (unpaired) electrons. The molecule has 3 N–H and O–H groups in total. The van der Waals surface area contributed by atoms with E-state index in [-0.39, 0.29) is 23.6 Å². The summed E-state index contributed by atoms with van der Waals surface area (Å²) in [5, 5.41) is 5.65. The van der Waals surface area contributed by atoms with Crippen LogP contribution in [0.3, 0.4) is 0 Å². The van der Waals surface area contributed by atoms with Gasteiger partial charge in [-0.25, -0.2) is 4.99 Å². The second-order valence-electron chi connectivity index (χ2n) is 13.4. The van der Waals surface area contributed by atoms with E-state index in [4.69, 9.17) is 10.5 Å². The third-order valence-corrected chi connectivity index (χ3v) is 9.60. The number of hydrogen-bond donors (Lipinski definition) is 2. The van der Waals surface area contributed by atoms with Crippen LogP contribution in [0, 0.1) is 0 Å². The van der Waals surface area contributed by atoms with E-state index in [1.165, 1.54) is 11.1 Å². The number of nitrogens with two attached hydrogens (primary N) is 1. The zero-order chi connectivity index (χ0) is 39.5. The fraction of sp³-hybridized carbons (Fsp3) is 0.410. The van der Waals surface area contributed by atoms with Crippen molar-refractivity contribution >= 4 is 29.2 Å². The number of ether oxygens (including phenoxy) is 1. The largest absolute Gasteiger partial charge is 0.504 e. The van der Waals surface area contributed by atoms with Crippen LogP contribution in [0.4, 0.5) is 18.9 Å². The number of allylic oxidation sites excluding steroid dienone is 1. The van der Waals surface area contributed by atoms with Crippen molar-refractivity contribution in [2.24, 2.45) is 10.7 Å². The maximum Gasteiger partial charge on any atom is 0.504 e. The number of alkyl halides is 3. The number of para-hydroxylation sites is 1. The Kier molecular flexibility index (Phi) is 14.0. The molecule has 4 heterocycles. The molecule has 3 aliphatic heterocycles. The van der Waals surface area contributed by atoms with Crippen LogP contribution in [0.2, 0.25) is 0 Å². The number of benzene rings is 2. The molecule has 6 rings (SSSR count). The molecular weight excluding hydrogens is 715 g/mol. The number of likely N-dealkylation sites (N-methyl/N-ethyl adjacent to an activating group) is 2. The molecule has 3 aromatic rings. The summed E-state index contributed by atoms with van der Waals surface area (Å²) in [6.45, 7) is 11.3. The van der Waals surface area contributed by atoms with Crippen molar-refractivity contribution < 1.29 is 32.3 Å². The van der Waals surface area contributed by atoms with Crippen molar-refractivity contribution in [1.82, 2.24) is 34.7 Å². The SMILES string of the molecule is C/C=C(\CN1CCN(C2COC2)CC1)C(=O)N(C)Cc1ccccc1.CCN1C(=O)C(NC(=O)c2ccn(C(F)(F)F)n2)C/C(=C/N)C1=Nc1ccccc1. The van der Waals surface area contributed by atoms with Gasteiger partial charge in [0.1, 0.15) is 17.6 Å². The third kappa shape index (κ3) is 10.7. The van der Waals surface area contributed by atoms with E-state index >= 15 is 0 Å². The second-order valence-corrected chi connectivity index (χ2v) is 13.4. The number of nitrogens with one attached hydrogen (secondary N) is 1. The van der Waals surface area contributed by atoms with Gasteiger partial charge in [-0.15, -0.1) is 13.2 Å². The molecule has 3 aliphatic rings. The Morgan fingerprint density at radius 3 is 2.24 bits per heavy atom. The molecule has 3 amide bonds. The number of aliphatic imine (C=N–C) groups is 1. The maximum absolute atomic E-state index is 12.9. The van der Waals surface area contributed by atoms with Crippen LogP contribution < -0.4 is 11.1 Å². The number of piperazine rings is 1. The summed E-state index contributed by atoms with van der Waals surface area (Å²) >= 11 is 0. The standard InChI is InChI=1S/C20H29N3O2.C19H19F3N6O2/c1-3-18(20(24)21(2)13-17-7-5-4-6-8-17)14-22-9-11-23(12-10-22)19-15-25-16-19;1-2-27-16(24-13-6-4-3-5-7-13)12(11-23)10-15(18(27)30)25-17(29)14-8-9-28(26-14)19(20,21)22/h3-8,19H,9-16H2,1-2H3;3-9,11,15H,2,10,23H2,1H3,(H,25,29)/b18-3+;12-11-,24-16?. The number of piperidine rings is 1. The molecule has 3 fully saturated rings. The normalized spacial score (nSPS) is 20.2. The summed E-state index contributed by atoms with van der Waals surface area (Å²) in [6.07, 6.45) is -0.796. The molecule has 0 aliphatic carbocycles. The van der Waals surface area contributed by atoms with E-state index in [2.05, 4.69) is 37.3 Å². The van der Waals surface area contributed by atoms with E-state index in [0.717, 1.165) is 63.1 Å². The molecule has 1 aromatic heterocycles. The van der Waals surface area contributed by atoms with Gasteiger partial charge in [-0.3, -0.25) is 29.1 Å². The number of aromatic nitrogens is 2. The second kappa shape index (κ2) is 18.8. The lowest BCUT2D eigenvalue weighted by atomic mass is 9.98. The Hall–Kier alpha value is -5.32. The van der Waals surface area contributed by atoms with Crippen molar-refractivity contribution in [3.05, 3.63) is 108 Å². The molecule has 294 valence electrons. The number of likely N-dealkylation sites (tertiary alicyclic amines) is 1. The average molecular weight is 764 g/mol. The number of halogens is 3. The lowest BCUT2D eigenvalue weighted by Gasteiger charge is -2.42. The van der Waals surface area contributed by atoms with Gasteiger partial charge in [0, 0.05) is 82.8 Å². The van der Waals surface area contributed by atoms with E-state index in [1.807, 2.05) is 49.2 Å². The monoisotopic (exact) mass is 763 g/mol. The van der Waals surface area contributed by atoms with Crippen molar-refractivity contribution in [2.75, 3.05) is 59.5 Å². The first-order valence-electron chi connectivity index (χ1n) is 18.2. The van der Waals surface area contributed by atoms with Gasteiger partial charge >= 0.3 is 6.30 Å². The highest BCUT2D eigenvalue weighted by Crippen LogP contribution is 2.24. The van der Waals surface area contributed by atoms with Crippen LogP contribution in [-0.2, 0) is 27.2 Å². The zero-order valence-corrected chi connectivity index (χ0v) is 31.3. The third-order valence-electron chi connectivity index (χ3n) is 9.60. The van der Waals surface area contributed by atoms with Gasteiger partial charge < -0.3 is 20.7 Å². The van der Waals surface area contributed by atoms with E-state index in [1.54, 1.807) is 31.2 Å². The number of nitrogens with zero attached hydrogens (tertiary/aromatic N) is 7. The van der Waals surface area contributed by atoms with Crippen LogP contribution in [0.15, 0.2) is 101 Å². The molecule has 2 aromatic carbocycles. The molecule has 1 unspecified atom stereocenters. The van der Waals surface area contributed by atoms with Gasteiger partial charge in [-0.2, -0.15) is 9.78 Å². The minimum Gasteiger partial charge on any atom is -0.404 e. The number of rotatable bonds is 10. The summed E-state index contributed by atoms with van der Waals surface area (Å²) < 4.78 is 43.0. The highest BCUT2D eigenvalue weighted by Gasteiger charge is 2.38. The smallest absolute Gasteiger partial charge is 0.404 e. The lowest BCUT2D eigenvalue weighted by molar-refractivity contribution is -0.212. The zero-order valence-electron chi connectivity index (χ0n) is 31.3. The molecule has 3 saturated heterocycles. The quantitative estimate of drug-likeness (QED) is 0.297. The first-order chi connectivity index (χ1) is 26.4. The molecule has 0 spiro atoms. The number of hydrogen-bond acceptors (Lipinski definition) is 9. The van der Waals surface area contributed by atoms with Gasteiger partial charge in [-0.05, 0) is 37.6 Å². The topological polar surface area (TPSA) is 142 Å². The Bertz CT molecular complexity index is 1850. The Morgan fingerprint density at radius 1 is 1.04 bits per heavy atom. The van der Waals surface area contributed by atoms with Crippen LogP contribution in [0.1, 0.15) is 36.3 Å². The molecule has 0 saturated carbocycles. The van der Waals surface area contributed by atoms with E-state index < -0.39 is 29.9 Å². The molecule has 16 heteroatoms. The van der Waals surface area contributed by atoms with Crippen molar-refractivity contribution in [1.29, 1.82) is 0 Å². The maximum atomic E-state index is 12.9. The molecular formula is C39H48F3N9O4. The van der Waals surface area contributed by atoms with Gasteiger partial charge in [0.05, 0.1) is 24.9 Å². The fourth-order valence-corrected chi connectivity index (χ4v) is 6.42. The molecule has 0 bridgehead atoms. The van der Waals surface area contributed by atoms with Gasteiger partial charge in [0.2, 0.25) is 0 Å². The van der Waals surface area contributed by atoms with E-state index in [0.29, 0.717) is 35.9 Å². The molecule has 55 heavy (non-hydrogen) atoms. The van der Waals surface area contributed by atoms with Crippen LogP contribution >= 0.6 is 0 Å². The first kappa shape index (κ1) is 40.9. The summed E-state index contributed by atoms with van der Waals surface area (Å²) in [6, 6.07) is 19.6. The van der Waals surface area contributed by atoms with Gasteiger partial charge in [-0.1, -0.05) is 54.6 Å². The van der Waals surface area contributed by atoms with Crippen LogP contribution in [-0.4, -0.2) is 125 Å². The van der Waals surface area contributed by atoms with Crippen molar-refractivity contribution in [3.8, 4) is 0 Å². The number of carbonyl (C=O) groups is 3. The summed E-state index contributed by atoms with van der Waals surface area (Å²) in [7, 11) is 1.88. The average Bonchev–Trinajstić information content (AvgIpc) is 3.68. The summed E-state index contributed by atoms with van der Waals surface area (Å²) in [5.41, 5.74) is 8.47. The highest BCUT2D eigenvalue weighted by molar-refractivity contribution is 6.13. The summed E-state index contributed by atoms with van der Waals surface area (Å²) in [5.74, 6) is -0.849. The minimum absolute atomic E-state index is 0.0449.